The molecule has 0 aliphatic rings. The first kappa shape index (κ1) is 11.1. The zero-order valence-electron chi connectivity index (χ0n) is 9.54. The number of nitro groups is 1. The Kier molecular flexibility index (Phi) is 2.78. The largest absolute Gasteiger partial charge is 0.383 e. The molecule has 1 N–H and O–H groups in total. The van der Waals surface area contributed by atoms with Gasteiger partial charge >= 0.3 is 0 Å². The molecule has 6 heteroatoms. The summed E-state index contributed by atoms with van der Waals surface area (Å²) in [6.07, 6.45) is 5.24. The molecule has 0 spiro atoms. The van der Waals surface area contributed by atoms with E-state index < -0.39 is 4.92 Å². The van der Waals surface area contributed by atoms with Crippen LogP contribution in [0.3, 0.4) is 0 Å². The van der Waals surface area contributed by atoms with Gasteiger partial charge in [-0.2, -0.15) is 5.10 Å². The van der Waals surface area contributed by atoms with Gasteiger partial charge in [0, 0.05) is 25.5 Å². The van der Waals surface area contributed by atoms with Crippen LogP contribution in [-0.4, -0.2) is 34.1 Å². The molecule has 0 unspecified atom stereocenters. The average Bonchev–Trinajstić information content (AvgIpc) is 2.72. The molecule has 0 amide bonds. The maximum Gasteiger partial charge on any atom is 0.295 e. The lowest BCUT2D eigenvalue weighted by Gasteiger charge is -2.03. The Morgan fingerprint density at radius 2 is 2.24 bits per heavy atom. The number of H-pyrrole nitrogens is 1. The normalized spacial score (nSPS) is 11.2. The molecule has 17 heavy (non-hydrogen) atoms. The highest BCUT2D eigenvalue weighted by Gasteiger charge is 2.14. The molecule has 0 radical (unpaired) electrons. The number of nitrogens with zero attached hydrogens (tertiary/aromatic N) is 3. The third-order valence-electron chi connectivity index (χ3n) is 2.31. The second-order valence-electron chi connectivity index (χ2n) is 3.91. The Morgan fingerprint density at radius 3 is 2.88 bits per heavy atom. The van der Waals surface area contributed by atoms with Crippen LogP contribution in [0.1, 0.15) is 5.56 Å². The molecule has 0 aliphatic heterocycles. The average molecular weight is 232 g/mol. The Morgan fingerprint density at radius 1 is 1.47 bits per heavy atom. The number of hydrogen-bond acceptors (Lipinski definition) is 4. The van der Waals surface area contributed by atoms with E-state index in [-0.39, 0.29) is 5.69 Å². The summed E-state index contributed by atoms with van der Waals surface area (Å²) in [4.78, 5) is 12.4. The summed E-state index contributed by atoms with van der Waals surface area (Å²) in [7, 11) is 3.78. The van der Waals surface area contributed by atoms with Gasteiger partial charge in [-0.15, -0.1) is 0 Å². The van der Waals surface area contributed by atoms with E-state index in [0.717, 1.165) is 10.9 Å². The van der Waals surface area contributed by atoms with Crippen LogP contribution in [0.15, 0.2) is 24.5 Å². The predicted molar refractivity (Wildman–Crippen MR) is 65.5 cm³/mol. The second-order valence-corrected chi connectivity index (χ2v) is 3.91. The second kappa shape index (κ2) is 4.25. The van der Waals surface area contributed by atoms with Gasteiger partial charge in [-0.05, 0) is 23.9 Å². The Bertz CT molecular complexity index is 586. The smallest absolute Gasteiger partial charge is 0.295 e. The molecule has 0 saturated heterocycles. The summed E-state index contributed by atoms with van der Waals surface area (Å²) < 4.78 is 0. The van der Waals surface area contributed by atoms with Crippen LogP contribution < -0.4 is 0 Å². The molecule has 0 bridgehead atoms. The zero-order chi connectivity index (χ0) is 12.4. The van der Waals surface area contributed by atoms with E-state index in [1.165, 1.54) is 6.07 Å². The summed E-state index contributed by atoms with van der Waals surface area (Å²) >= 11 is 0. The van der Waals surface area contributed by atoms with Crippen molar-refractivity contribution in [3.05, 3.63) is 40.2 Å². The molecule has 0 atom stereocenters. The lowest BCUT2D eigenvalue weighted by atomic mass is 10.1. The fourth-order valence-corrected chi connectivity index (χ4v) is 1.54. The standard InChI is InChI=1S/C11H12N4O2/c1-14(2)4-3-8-5-9-7-12-13-11(9)10(6-8)15(16)17/h3-7H,1-2H3,(H,12,13)/b4-3+. The highest BCUT2D eigenvalue weighted by Crippen LogP contribution is 2.25. The van der Waals surface area contributed by atoms with E-state index in [4.69, 9.17) is 0 Å². The summed E-state index contributed by atoms with van der Waals surface area (Å²) in [6, 6.07) is 3.38. The van der Waals surface area contributed by atoms with E-state index in [9.17, 15) is 10.1 Å². The van der Waals surface area contributed by atoms with Crippen molar-refractivity contribution in [1.29, 1.82) is 0 Å². The van der Waals surface area contributed by atoms with Crippen LogP contribution in [0.4, 0.5) is 5.69 Å². The highest BCUT2D eigenvalue weighted by molar-refractivity contribution is 5.89. The van der Waals surface area contributed by atoms with E-state index in [1.54, 1.807) is 6.20 Å². The number of hydrogen-bond donors (Lipinski definition) is 1. The zero-order valence-corrected chi connectivity index (χ0v) is 9.54. The van der Waals surface area contributed by atoms with Crippen molar-refractivity contribution >= 4 is 22.7 Å². The van der Waals surface area contributed by atoms with E-state index in [1.807, 2.05) is 37.3 Å². The molecule has 6 nitrogen and oxygen atoms in total. The van der Waals surface area contributed by atoms with Gasteiger partial charge < -0.3 is 4.90 Å². The first-order valence-corrected chi connectivity index (χ1v) is 5.04. The molecule has 0 fully saturated rings. The van der Waals surface area contributed by atoms with Gasteiger partial charge in [0.1, 0.15) is 5.52 Å². The number of aromatic amines is 1. The fraction of sp³-hybridized carbons (Fsp3) is 0.182. The quantitative estimate of drug-likeness (QED) is 0.648. The molecule has 2 rings (SSSR count). The van der Waals surface area contributed by atoms with E-state index >= 15 is 0 Å². The minimum Gasteiger partial charge on any atom is -0.383 e. The van der Waals surface area contributed by atoms with Crippen molar-refractivity contribution in [3.63, 3.8) is 0 Å². The summed E-state index contributed by atoms with van der Waals surface area (Å²) in [5.41, 5.74) is 1.27. The molecule has 1 heterocycles. The van der Waals surface area contributed by atoms with Crippen molar-refractivity contribution in [2.75, 3.05) is 14.1 Å². The van der Waals surface area contributed by atoms with Crippen molar-refractivity contribution in [2.45, 2.75) is 0 Å². The number of aromatic nitrogens is 2. The number of nitrogens with one attached hydrogen (secondary N) is 1. The molecule has 1 aromatic carbocycles. The molecular formula is C11H12N4O2. The van der Waals surface area contributed by atoms with Crippen LogP contribution >= 0.6 is 0 Å². The first-order valence-electron chi connectivity index (χ1n) is 5.04. The van der Waals surface area contributed by atoms with Crippen molar-refractivity contribution < 1.29 is 4.92 Å². The molecule has 2 aromatic rings. The Labute approximate surface area is 97.7 Å². The number of fused-ring (bicyclic) bond motifs is 1. The predicted octanol–water partition coefficient (Wildman–Crippen LogP) is 2.00. The summed E-state index contributed by atoms with van der Waals surface area (Å²) in [6.45, 7) is 0. The van der Waals surface area contributed by atoms with Gasteiger partial charge in [0.25, 0.3) is 5.69 Å². The monoisotopic (exact) mass is 232 g/mol. The van der Waals surface area contributed by atoms with Gasteiger partial charge in [0.05, 0.1) is 11.1 Å². The van der Waals surface area contributed by atoms with Crippen LogP contribution in [-0.2, 0) is 0 Å². The van der Waals surface area contributed by atoms with Crippen molar-refractivity contribution in [1.82, 2.24) is 15.1 Å². The van der Waals surface area contributed by atoms with Crippen LogP contribution in [0.2, 0.25) is 0 Å². The van der Waals surface area contributed by atoms with Crippen molar-refractivity contribution in [3.8, 4) is 0 Å². The molecule has 88 valence electrons. The molecule has 1 aromatic heterocycles. The third kappa shape index (κ3) is 2.25. The van der Waals surface area contributed by atoms with E-state index in [2.05, 4.69) is 10.2 Å². The first-order chi connectivity index (χ1) is 8.08. The number of nitro benzene ring substituents is 1. The summed E-state index contributed by atoms with van der Waals surface area (Å²) in [5.74, 6) is 0. The lowest BCUT2D eigenvalue weighted by Crippen LogP contribution is -1.99. The fourth-order valence-electron chi connectivity index (χ4n) is 1.54. The molecule has 0 saturated carbocycles. The van der Waals surface area contributed by atoms with Crippen LogP contribution in [0, 0.1) is 10.1 Å². The number of benzene rings is 1. The van der Waals surface area contributed by atoms with Crippen LogP contribution in [0.5, 0.6) is 0 Å². The molecular weight excluding hydrogens is 220 g/mol. The minimum absolute atomic E-state index is 0.0402. The topological polar surface area (TPSA) is 75.1 Å². The highest BCUT2D eigenvalue weighted by atomic mass is 16.6. The number of rotatable bonds is 3. The van der Waals surface area contributed by atoms with Gasteiger partial charge in [-0.25, -0.2) is 0 Å². The maximum absolute atomic E-state index is 10.9. The summed E-state index contributed by atoms with van der Waals surface area (Å²) in [5, 5.41) is 18.1. The van der Waals surface area contributed by atoms with Crippen LogP contribution in [0.25, 0.3) is 17.0 Å². The van der Waals surface area contributed by atoms with E-state index in [0.29, 0.717) is 5.52 Å². The van der Waals surface area contributed by atoms with Gasteiger partial charge in [0.2, 0.25) is 0 Å². The molecule has 0 aliphatic carbocycles. The Balaban J connectivity index is 2.55. The Hall–Kier alpha value is -2.37. The van der Waals surface area contributed by atoms with Gasteiger partial charge in [-0.3, -0.25) is 15.2 Å². The maximum atomic E-state index is 10.9. The SMILES string of the molecule is CN(C)/C=C/c1cc([N+](=O)[O-])c2[nH]ncc2c1. The number of non-ortho nitro benzene ring substituents is 1. The lowest BCUT2D eigenvalue weighted by molar-refractivity contribution is -0.383. The third-order valence-corrected chi connectivity index (χ3v) is 2.31. The van der Waals surface area contributed by atoms with Crippen molar-refractivity contribution in [2.24, 2.45) is 0 Å². The van der Waals surface area contributed by atoms with Gasteiger partial charge in [-0.1, -0.05) is 0 Å². The van der Waals surface area contributed by atoms with Gasteiger partial charge in [0.15, 0.2) is 0 Å². The minimum atomic E-state index is -0.409.